The molecule has 0 heterocycles. The summed E-state index contributed by atoms with van der Waals surface area (Å²) in [5, 5.41) is 0.0796. The maximum atomic E-state index is 7.15. The molecular weight excluding hydrogens is 316 g/mol. The van der Waals surface area contributed by atoms with Crippen molar-refractivity contribution in [1.82, 2.24) is 0 Å². The Kier molecular flexibility index (Phi) is 5.75. The number of hydrogen-bond acceptors (Lipinski definition) is 0. The minimum atomic E-state index is -1.53. The van der Waals surface area contributed by atoms with Gasteiger partial charge in [-0.05, 0) is 33.5 Å². The van der Waals surface area contributed by atoms with E-state index in [-0.39, 0.29) is 10.5 Å². The van der Waals surface area contributed by atoms with Gasteiger partial charge in [0.05, 0.1) is 0 Å². The summed E-state index contributed by atoms with van der Waals surface area (Å²) in [6.07, 6.45) is 1.08. The van der Waals surface area contributed by atoms with Gasteiger partial charge < -0.3 is 0 Å². The van der Waals surface area contributed by atoms with Gasteiger partial charge in [-0.15, -0.1) is 0 Å². The van der Waals surface area contributed by atoms with Crippen LogP contribution in [0, 0.1) is 5.41 Å². The first-order valence-electron chi connectivity index (χ1n) is 8.48. The topological polar surface area (TPSA) is 0 Å². The fourth-order valence-electron chi connectivity index (χ4n) is 3.33. The molecule has 0 nitrogen and oxygen atoms in total. The third kappa shape index (κ3) is 4.27. The molecule has 0 spiro atoms. The summed E-state index contributed by atoms with van der Waals surface area (Å²) in [7, 11) is -1.53. The van der Waals surface area contributed by atoms with Crippen LogP contribution in [0.1, 0.15) is 45.7 Å². The summed E-state index contributed by atoms with van der Waals surface area (Å²) < 4.78 is 0. The van der Waals surface area contributed by atoms with Crippen molar-refractivity contribution < 1.29 is 0 Å². The number of halogens is 1. The Morgan fingerprint density at radius 2 is 1.35 bits per heavy atom. The number of hydrogen-bond donors (Lipinski definition) is 0. The van der Waals surface area contributed by atoms with Crippen LogP contribution in [0.4, 0.5) is 0 Å². The lowest BCUT2D eigenvalue weighted by Gasteiger charge is -2.41. The van der Waals surface area contributed by atoms with Gasteiger partial charge in [-0.1, -0.05) is 95.3 Å². The fraction of sp³-hybridized carbons (Fsp3) is 0.429. The van der Waals surface area contributed by atoms with Crippen molar-refractivity contribution in [3.63, 3.8) is 0 Å². The lowest BCUT2D eigenvalue weighted by atomic mass is 9.83. The highest BCUT2D eigenvalue weighted by atomic mass is 35.6. The monoisotopic (exact) mass is 344 g/mol. The standard InChI is InChI=1S/C21H29ClSi/c1-17(20(2,3)16-18-12-8-6-9-13-18)23(22)21(4,5)19-14-10-7-11-15-19/h6-15,17,23H,16H2,1-5H3. The van der Waals surface area contributed by atoms with Gasteiger partial charge in [-0.3, -0.25) is 0 Å². The Labute approximate surface area is 148 Å². The van der Waals surface area contributed by atoms with E-state index in [9.17, 15) is 0 Å². The second-order valence-corrected chi connectivity index (χ2v) is 12.6. The lowest BCUT2D eigenvalue weighted by molar-refractivity contribution is 0.341. The van der Waals surface area contributed by atoms with E-state index in [0.717, 1.165) is 6.42 Å². The SMILES string of the molecule is CC([SiH](Cl)C(C)(C)c1ccccc1)C(C)(C)Cc1ccccc1. The van der Waals surface area contributed by atoms with Crippen molar-refractivity contribution in [2.45, 2.75) is 51.6 Å². The molecule has 2 rings (SSSR count). The quantitative estimate of drug-likeness (QED) is 0.437. The molecule has 0 N–H and O–H groups in total. The zero-order chi connectivity index (χ0) is 17.1. The van der Waals surface area contributed by atoms with Crippen LogP contribution in [-0.2, 0) is 11.5 Å². The van der Waals surface area contributed by atoms with E-state index in [1.807, 2.05) is 0 Å². The van der Waals surface area contributed by atoms with E-state index < -0.39 is 8.11 Å². The zero-order valence-corrected chi connectivity index (χ0v) is 16.9. The first-order chi connectivity index (χ1) is 10.7. The molecule has 0 saturated carbocycles. The van der Waals surface area contributed by atoms with Crippen molar-refractivity contribution in [3.05, 3.63) is 71.8 Å². The van der Waals surface area contributed by atoms with Crippen LogP contribution >= 0.6 is 11.1 Å². The molecule has 0 radical (unpaired) electrons. The average Bonchev–Trinajstić information content (AvgIpc) is 2.54. The Morgan fingerprint density at radius 1 is 0.870 bits per heavy atom. The highest BCUT2D eigenvalue weighted by molar-refractivity contribution is 7.09. The van der Waals surface area contributed by atoms with E-state index in [4.69, 9.17) is 11.1 Å². The van der Waals surface area contributed by atoms with Gasteiger partial charge in [0.2, 0.25) is 0 Å². The third-order valence-corrected chi connectivity index (χ3v) is 11.6. The van der Waals surface area contributed by atoms with Crippen LogP contribution in [0.5, 0.6) is 0 Å². The smallest absolute Gasteiger partial charge is 0.154 e. The minimum Gasteiger partial charge on any atom is -0.170 e. The van der Waals surface area contributed by atoms with E-state index in [2.05, 4.69) is 95.3 Å². The predicted octanol–water partition coefficient (Wildman–Crippen LogP) is 6.13. The Morgan fingerprint density at radius 3 is 1.87 bits per heavy atom. The normalized spacial score (nSPS) is 15.2. The molecule has 0 bridgehead atoms. The first-order valence-corrected chi connectivity index (χ1v) is 11.5. The van der Waals surface area contributed by atoms with E-state index in [1.54, 1.807) is 0 Å². The molecule has 2 unspecified atom stereocenters. The van der Waals surface area contributed by atoms with E-state index in [1.165, 1.54) is 11.1 Å². The Bertz CT molecular complexity index is 604. The van der Waals surface area contributed by atoms with Crippen LogP contribution in [0.2, 0.25) is 5.54 Å². The molecule has 2 aromatic carbocycles. The molecule has 124 valence electrons. The number of rotatable bonds is 6. The summed E-state index contributed by atoms with van der Waals surface area (Å²) in [6, 6.07) is 21.5. The van der Waals surface area contributed by atoms with Crippen molar-refractivity contribution in [2.24, 2.45) is 5.41 Å². The largest absolute Gasteiger partial charge is 0.170 e. The summed E-state index contributed by atoms with van der Waals surface area (Å²) >= 11 is 7.15. The molecule has 2 atom stereocenters. The van der Waals surface area contributed by atoms with Gasteiger partial charge in [-0.25, -0.2) is 0 Å². The van der Waals surface area contributed by atoms with Gasteiger partial charge in [0.25, 0.3) is 0 Å². The summed E-state index contributed by atoms with van der Waals surface area (Å²) in [5.74, 6) is 0. The van der Waals surface area contributed by atoms with Crippen LogP contribution in [0.15, 0.2) is 60.7 Å². The van der Waals surface area contributed by atoms with Crippen LogP contribution in [-0.4, -0.2) is 8.11 Å². The van der Waals surface area contributed by atoms with Crippen LogP contribution < -0.4 is 0 Å². The van der Waals surface area contributed by atoms with Crippen molar-refractivity contribution >= 4 is 19.2 Å². The first kappa shape index (κ1) is 18.3. The molecule has 0 aromatic heterocycles. The van der Waals surface area contributed by atoms with Crippen LogP contribution in [0.3, 0.4) is 0 Å². The maximum Gasteiger partial charge on any atom is 0.154 e. The average molecular weight is 345 g/mol. The third-order valence-electron chi connectivity index (χ3n) is 5.38. The van der Waals surface area contributed by atoms with Gasteiger partial charge >= 0.3 is 0 Å². The molecule has 0 aliphatic heterocycles. The molecule has 0 aliphatic carbocycles. The van der Waals surface area contributed by atoms with Gasteiger partial charge in [0.1, 0.15) is 0 Å². The molecule has 2 heteroatoms. The predicted molar refractivity (Wildman–Crippen MR) is 106 cm³/mol. The second-order valence-electron chi connectivity index (χ2n) is 7.93. The summed E-state index contributed by atoms with van der Waals surface area (Å²) in [4.78, 5) is 0. The molecular formula is C21H29ClSi. The van der Waals surface area contributed by atoms with E-state index >= 15 is 0 Å². The van der Waals surface area contributed by atoms with Crippen molar-refractivity contribution in [2.75, 3.05) is 0 Å². The van der Waals surface area contributed by atoms with E-state index in [0.29, 0.717) is 5.54 Å². The van der Waals surface area contributed by atoms with Gasteiger partial charge in [-0.2, -0.15) is 11.1 Å². The summed E-state index contributed by atoms with van der Waals surface area (Å²) in [5.41, 5.74) is 3.50. The highest BCUT2D eigenvalue weighted by Crippen LogP contribution is 2.44. The summed E-state index contributed by atoms with van der Waals surface area (Å²) in [6.45, 7) is 11.7. The van der Waals surface area contributed by atoms with Gasteiger partial charge in [0.15, 0.2) is 8.11 Å². The molecule has 0 saturated heterocycles. The zero-order valence-electron chi connectivity index (χ0n) is 15.0. The van der Waals surface area contributed by atoms with Gasteiger partial charge in [0, 0.05) is 0 Å². The van der Waals surface area contributed by atoms with Crippen LogP contribution in [0.25, 0.3) is 0 Å². The molecule has 2 aromatic rings. The fourth-order valence-corrected chi connectivity index (χ4v) is 7.40. The molecule has 23 heavy (non-hydrogen) atoms. The van der Waals surface area contributed by atoms with Crippen molar-refractivity contribution in [3.8, 4) is 0 Å². The van der Waals surface area contributed by atoms with Crippen molar-refractivity contribution in [1.29, 1.82) is 0 Å². The Hall–Kier alpha value is -1.05. The molecule has 0 aliphatic rings. The Balaban J connectivity index is 2.19. The minimum absolute atomic E-state index is 0.0796. The molecule has 0 amide bonds. The second kappa shape index (κ2) is 7.23. The lowest BCUT2D eigenvalue weighted by Crippen LogP contribution is -2.42. The maximum absolute atomic E-state index is 7.15. The number of benzene rings is 2. The molecule has 0 fully saturated rings. The highest BCUT2D eigenvalue weighted by Gasteiger charge is 2.41.